The lowest BCUT2D eigenvalue weighted by Crippen LogP contribution is -2.18. The van der Waals surface area contributed by atoms with Crippen molar-refractivity contribution in [3.63, 3.8) is 0 Å². The Kier molecular flexibility index (Phi) is 1.82. The summed E-state index contributed by atoms with van der Waals surface area (Å²) in [6.07, 6.45) is 1.41. The van der Waals surface area contributed by atoms with Gasteiger partial charge >= 0.3 is 5.97 Å². The van der Waals surface area contributed by atoms with Crippen molar-refractivity contribution in [1.82, 2.24) is 9.55 Å². The topological polar surface area (TPSA) is 64.3 Å². The highest BCUT2D eigenvalue weighted by atomic mass is 16.5. The van der Waals surface area contributed by atoms with Crippen LogP contribution in [0.5, 0.6) is 0 Å². The first-order valence-corrected chi connectivity index (χ1v) is 5.13. The molecule has 15 heavy (non-hydrogen) atoms. The van der Waals surface area contributed by atoms with E-state index >= 15 is 0 Å². The van der Waals surface area contributed by atoms with E-state index in [0.717, 1.165) is 30.2 Å². The van der Waals surface area contributed by atoms with E-state index in [4.69, 9.17) is 9.84 Å². The second-order valence-electron chi connectivity index (χ2n) is 4.07. The molecule has 1 unspecified atom stereocenters. The van der Waals surface area contributed by atoms with E-state index in [1.54, 1.807) is 0 Å². The Balaban J connectivity index is 1.95. The fourth-order valence-corrected chi connectivity index (χ4v) is 2.33. The molecule has 5 nitrogen and oxygen atoms in total. The maximum absolute atomic E-state index is 10.9. The summed E-state index contributed by atoms with van der Waals surface area (Å²) in [6, 6.07) is 0. The van der Waals surface area contributed by atoms with Gasteiger partial charge in [-0.15, -0.1) is 0 Å². The van der Waals surface area contributed by atoms with Crippen LogP contribution in [0.2, 0.25) is 0 Å². The van der Waals surface area contributed by atoms with Gasteiger partial charge in [0.2, 0.25) is 0 Å². The van der Waals surface area contributed by atoms with Crippen LogP contribution in [-0.4, -0.2) is 27.2 Å². The van der Waals surface area contributed by atoms with Gasteiger partial charge in [0.25, 0.3) is 0 Å². The predicted molar refractivity (Wildman–Crippen MR) is 50.4 cm³/mol. The Labute approximate surface area is 86.7 Å². The van der Waals surface area contributed by atoms with Gasteiger partial charge in [0.15, 0.2) is 0 Å². The molecule has 5 heteroatoms. The molecular formula is C10H12N2O3. The van der Waals surface area contributed by atoms with Crippen molar-refractivity contribution in [2.75, 3.05) is 6.61 Å². The van der Waals surface area contributed by atoms with Gasteiger partial charge in [0, 0.05) is 19.4 Å². The number of fused-ring (bicyclic) bond motifs is 3. The minimum Gasteiger partial charge on any atom is -0.481 e. The largest absolute Gasteiger partial charge is 0.481 e. The van der Waals surface area contributed by atoms with E-state index in [1.165, 1.54) is 0 Å². The number of carbonyl (C=O) groups is 1. The second kappa shape index (κ2) is 3.06. The molecule has 1 atom stereocenters. The van der Waals surface area contributed by atoms with E-state index in [9.17, 15) is 4.79 Å². The molecule has 0 aliphatic carbocycles. The molecule has 0 bridgehead atoms. The molecule has 0 aromatic carbocycles. The third-order valence-electron chi connectivity index (χ3n) is 3.14. The first-order chi connectivity index (χ1) is 7.25. The molecule has 1 aromatic heterocycles. The van der Waals surface area contributed by atoms with Gasteiger partial charge in [-0.05, 0) is 0 Å². The van der Waals surface area contributed by atoms with Crippen LogP contribution in [0, 0.1) is 5.92 Å². The number of hydrogen-bond acceptors (Lipinski definition) is 3. The van der Waals surface area contributed by atoms with Crippen molar-refractivity contribution < 1.29 is 14.6 Å². The molecule has 0 saturated carbocycles. The molecule has 3 rings (SSSR count). The molecule has 1 N–H and O–H groups in total. The number of aromatic nitrogens is 2. The molecule has 0 amide bonds. The number of carboxylic acid groups (broad SMARTS) is 1. The number of rotatable bonds is 1. The van der Waals surface area contributed by atoms with E-state index in [0.29, 0.717) is 19.6 Å². The normalized spacial score (nSPS) is 23.6. The lowest BCUT2D eigenvalue weighted by Gasteiger charge is -2.14. The third-order valence-corrected chi connectivity index (χ3v) is 3.14. The highest BCUT2D eigenvalue weighted by molar-refractivity contribution is 5.70. The predicted octanol–water partition coefficient (Wildman–Crippen LogP) is 0.213. The number of carboxylic acids is 1. The van der Waals surface area contributed by atoms with Crippen LogP contribution in [-0.2, 0) is 35.5 Å². The fourth-order valence-electron chi connectivity index (χ4n) is 2.33. The Morgan fingerprint density at radius 1 is 1.60 bits per heavy atom. The quantitative estimate of drug-likeness (QED) is 0.716. The summed E-state index contributed by atoms with van der Waals surface area (Å²) in [5.74, 6) is -0.122. The van der Waals surface area contributed by atoms with Crippen LogP contribution in [0.4, 0.5) is 0 Å². The number of aliphatic carboxylic acids is 1. The first kappa shape index (κ1) is 8.91. The number of ether oxygens (including phenoxy) is 1. The first-order valence-electron chi connectivity index (χ1n) is 5.13. The summed E-state index contributed by atoms with van der Waals surface area (Å²) in [4.78, 5) is 15.3. The molecule has 2 aliphatic rings. The molecule has 0 radical (unpaired) electrons. The smallest absolute Gasteiger partial charge is 0.308 e. The highest BCUT2D eigenvalue weighted by Crippen LogP contribution is 2.27. The zero-order valence-corrected chi connectivity index (χ0v) is 8.27. The summed E-state index contributed by atoms with van der Waals surface area (Å²) in [6.45, 7) is 1.86. The molecule has 2 aliphatic heterocycles. The Hall–Kier alpha value is -1.36. The molecular weight excluding hydrogens is 196 g/mol. The molecule has 3 heterocycles. The van der Waals surface area contributed by atoms with Gasteiger partial charge in [-0.2, -0.15) is 0 Å². The zero-order valence-electron chi connectivity index (χ0n) is 8.27. The van der Waals surface area contributed by atoms with E-state index in [-0.39, 0.29) is 5.92 Å². The van der Waals surface area contributed by atoms with Crippen molar-refractivity contribution in [2.45, 2.75) is 26.0 Å². The Bertz CT molecular complexity index is 425. The van der Waals surface area contributed by atoms with Gasteiger partial charge in [0.1, 0.15) is 5.82 Å². The third kappa shape index (κ3) is 1.26. The van der Waals surface area contributed by atoms with Crippen LogP contribution in [0.1, 0.15) is 17.2 Å². The number of imidazole rings is 1. The van der Waals surface area contributed by atoms with Crippen molar-refractivity contribution in [3.05, 3.63) is 17.2 Å². The maximum atomic E-state index is 10.9. The molecule has 1 aromatic rings. The van der Waals surface area contributed by atoms with Crippen LogP contribution in [0.25, 0.3) is 0 Å². The van der Waals surface area contributed by atoms with Crippen LogP contribution in [0.3, 0.4) is 0 Å². The van der Waals surface area contributed by atoms with E-state index in [1.807, 2.05) is 4.57 Å². The van der Waals surface area contributed by atoms with Crippen LogP contribution >= 0.6 is 0 Å². The van der Waals surface area contributed by atoms with Gasteiger partial charge in [-0.3, -0.25) is 4.79 Å². The lowest BCUT2D eigenvalue weighted by atomic mass is 10.1. The minimum absolute atomic E-state index is 0.306. The van der Waals surface area contributed by atoms with E-state index < -0.39 is 5.97 Å². The average Bonchev–Trinajstić information content (AvgIpc) is 2.73. The van der Waals surface area contributed by atoms with Gasteiger partial charge in [-0.1, -0.05) is 0 Å². The second-order valence-corrected chi connectivity index (χ2v) is 4.07. The van der Waals surface area contributed by atoms with Crippen molar-refractivity contribution in [1.29, 1.82) is 0 Å². The summed E-state index contributed by atoms with van der Waals surface area (Å²) in [7, 11) is 0. The zero-order chi connectivity index (χ0) is 10.4. The van der Waals surface area contributed by atoms with Gasteiger partial charge in [0.05, 0.1) is 30.5 Å². The monoisotopic (exact) mass is 208 g/mol. The van der Waals surface area contributed by atoms with Gasteiger partial charge in [-0.25, -0.2) is 4.98 Å². The minimum atomic E-state index is -0.731. The molecule has 0 saturated heterocycles. The standard InChI is InChI=1S/C10H12N2O3/c13-10(14)6-3-9-11-7-1-2-15-5-8(7)12(9)4-6/h6H,1-5H2,(H,13,14). The maximum Gasteiger partial charge on any atom is 0.308 e. The number of nitrogens with zero attached hydrogens (tertiary/aromatic N) is 2. The molecule has 80 valence electrons. The molecule has 0 spiro atoms. The fraction of sp³-hybridized carbons (Fsp3) is 0.600. The SMILES string of the molecule is O=C(O)C1Cc2nc3c(n2C1)COCC3. The van der Waals surface area contributed by atoms with Crippen molar-refractivity contribution in [2.24, 2.45) is 5.92 Å². The average molecular weight is 208 g/mol. The van der Waals surface area contributed by atoms with Crippen LogP contribution < -0.4 is 0 Å². The van der Waals surface area contributed by atoms with Crippen molar-refractivity contribution >= 4 is 5.97 Å². The summed E-state index contributed by atoms with van der Waals surface area (Å²) in [5, 5.41) is 8.94. The summed E-state index contributed by atoms with van der Waals surface area (Å²) < 4.78 is 7.39. The molecule has 0 fully saturated rings. The Morgan fingerprint density at radius 2 is 2.47 bits per heavy atom. The van der Waals surface area contributed by atoms with E-state index in [2.05, 4.69) is 4.98 Å². The highest BCUT2D eigenvalue weighted by Gasteiger charge is 2.32. The Morgan fingerprint density at radius 3 is 3.27 bits per heavy atom. The lowest BCUT2D eigenvalue weighted by molar-refractivity contribution is -0.141. The van der Waals surface area contributed by atoms with Crippen LogP contribution in [0.15, 0.2) is 0 Å². The number of hydrogen-bond donors (Lipinski definition) is 1. The van der Waals surface area contributed by atoms with Crippen molar-refractivity contribution in [3.8, 4) is 0 Å². The summed E-state index contributed by atoms with van der Waals surface area (Å²) in [5.41, 5.74) is 2.18. The summed E-state index contributed by atoms with van der Waals surface area (Å²) >= 11 is 0. The van der Waals surface area contributed by atoms with Gasteiger partial charge < -0.3 is 14.4 Å².